The average Bonchev–Trinajstić information content (AvgIpc) is 2.49. The molecular formula is C17H18O4. The Kier molecular flexibility index (Phi) is 4.82. The molecule has 0 aromatic heterocycles. The van der Waals surface area contributed by atoms with Gasteiger partial charge in [0.05, 0.1) is 7.11 Å². The maximum Gasteiger partial charge on any atom is 0.349 e. The molecule has 110 valence electrons. The number of ether oxygens (including phenoxy) is 3. The van der Waals surface area contributed by atoms with Crippen molar-refractivity contribution in [2.75, 3.05) is 13.7 Å². The zero-order valence-corrected chi connectivity index (χ0v) is 12.4. The number of rotatable bonds is 5. The zero-order chi connectivity index (χ0) is 15.2. The van der Waals surface area contributed by atoms with E-state index in [0.717, 1.165) is 16.9 Å². The van der Waals surface area contributed by atoms with Crippen LogP contribution in [0.4, 0.5) is 0 Å². The van der Waals surface area contributed by atoms with Crippen LogP contribution in [0.1, 0.15) is 11.1 Å². The summed E-state index contributed by atoms with van der Waals surface area (Å²) in [4.78, 5) is 11.7. The molecule has 2 rings (SSSR count). The van der Waals surface area contributed by atoms with Crippen molar-refractivity contribution in [3.05, 3.63) is 53.6 Å². The predicted molar refractivity (Wildman–Crippen MR) is 80.0 cm³/mol. The minimum atomic E-state index is -0.436. The Morgan fingerprint density at radius 3 is 2.14 bits per heavy atom. The fraction of sp³-hybridized carbons (Fsp3) is 0.235. The molecule has 0 spiro atoms. The van der Waals surface area contributed by atoms with Crippen LogP contribution >= 0.6 is 0 Å². The van der Waals surface area contributed by atoms with Crippen LogP contribution in [0.25, 0.3) is 0 Å². The summed E-state index contributed by atoms with van der Waals surface area (Å²) in [6, 6.07) is 12.5. The minimum absolute atomic E-state index is 0.140. The second-order valence-electron chi connectivity index (χ2n) is 4.68. The topological polar surface area (TPSA) is 44.8 Å². The first kappa shape index (κ1) is 14.9. The molecule has 0 aliphatic rings. The maximum absolute atomic E-state index is 11.7. The molecule has 0 fully saturated rings. The van der Waals surface area contributed by atoms with Crippen molar-refractivity contribution >= 4 is 5.97 Å². The van der Waals surface area contributed by atoms with Crippen molar-refractivity contribution in [3.8, 4) is 17.2 Å². The van der Waals surface area contributed by atoms with Gasteiger partial charge in [0, 0.05) is 0 Å². The number of hydrogen-bond acceptors (Lipinski definition) is 4. The summed E-state index contributed by atoms with van der Waals surface area (Å²) < 4.78 is 15.6. The standard InChI is InChI=1S/C17H18O4/c1-12-4-5-16(10-13(12)2)21-17(18)11-20-15-8-6-14(19-3)7-9-15/h4-10H,11H2,1-3H3. The first-order valence-corrected chi connectivity index (χ1v) is 6.63. The summed E-state index contributed by atoms with van der Waals surface area (Å²) in [5.74, 6) is 1.42. The lowest BCUT2D eigenvalue weighted by atomic mass is 10.1. The third kappa shape index (κ3) is 4.24. The Morgan fingerprint density at radius 2 is 1.52 bits per heavy atom. The van der Waals surface area contributed by atoms with Crippen molar-refractivity contribution in [3.63, 3.8) is 0 Å². The summed E-state index contributed by atoms with van der Waals surface area (Å²) in [5, 5.41) is 0. The molecule has 0 saturated heterocycles. The highest BCUT2D eigenvalue weighted by atomic mass is 16.6. The molecule has 0 atom stereocenters. The Balaban J connectivity index is 1.87. The normalized spacial score (nSPS) is 10.0. The van der Waals surface area contributed by atoms with Gasteiger partial charge in [-0.1, -0.05) is 6.07 Å². The van der Waals surface area contributed by atoms with E-state index >= 15 is 0 Å². The number of hydrogen-bond donors (Lipinski definition) is 0. The highest BCUT2D eigenvalue weighted by Gasteiger charge is 2.07. The molecule has 0 aliphatic heterocycles. The molecule has 4 heteroatoms. The van der Waals surface area contributed by atoms with E-state index in [1.54, 1.807) is 37.4 Å². The second-order valence-corrected chi connectivity index (χ2v) is 4.68. The molecule has 2 aromatic carbocycles. The Labute approximate surface area is 124 Å². The van der Waals surface area contributed by atoms with E-state index in [1.165, 1.54) is 0 Å². The van der Waals surface area contributed by atoms with Gasteiger partial charge in [0.15, 0.2) is 6.61 Å². The number of esters is 1. The Bertz CT molecular complexity index is 617. The first-order valence-electron chi connectivity index (χ1n) is 6.63. The molecular weight excluding hydrogens is 268 g/mol. The van der Waals surface area contributed by atoms with Crippen LogP contribution in [0, 0.1) is 13.8 Å². The van der Waals surface area contributed by atoms with Crippen LogP contribution in [0.5, 0.6) is 17.2 Å². The summed E-state index contributed by atoms with van der Waals surface area (Å²) >= 11 is 0. The third-order valence-electron chi connectivity index (χ3n) is 3.13. The molecule has 0 amide bonds. The van der Waals surface area contributed by atoms with Gasteiger partial charge in [-0.05, 0) is 61.4 Å². The second kappa shape index (κ2) is 6.79. The molecule has 0 N–H and O–H groups in total. The van der Waals surface area contributed by atoms with Gasteiger partial charge in [-0.25, -0.2) is 4.79 Å². The van der Waals surface area contributed by atoms with E-state index in [4.69, 9.17) is 14.2 Å². The van der Waals surface area contributed by atoms with Gasteiger partial charge >= 0.3 is 5.97 Å². The van der Waals surface area contributed by atoms with Crippen LogP contribution in [0.2, 0.25) is 0 Å². The average molecular weight is 286 g/mol. The Morgan fingerprint density at radius 1 is 0.905 bits per heavy atom. The summed E-state index contributed by atoms with van der Waals surface area (Å²) in [6.07, 6.45) is 0. The number of aryl methyl sites for hydroxylation is 2. The van der Waals surface area contributed by atoms with E-state index < -0.39 is 5.97 Å². The van der Waals surface area contributed by atoms with E-state index in [0.29, 0.717) is 11.5 Å². The van der Waals surface area contributed by atoms with E-state index in [9.17, 15) is 4.79 Å². The summed E-state index contributed by atoms with van der Waals surface area (Å²) in [7, 11) is 1.59. The van der Waals surface area contributed by atoms with Crippen LogP contribution < -0.4 is 14.2 Å². The third-order valence-corrected chi connectivity index (χ3v) is 3.13. The lowest BCUT2D eigenvalue weighted by Crippen LogP contribution is -2.17. The number of benzene rings is 2. The lowest BCUT2D eigenvalue weighted by molar-refractivity contribution is -0.136. The van der Waals surface area contributed by atoms with E-state index in [2.05, 4.69) is 0 Å². The molecule has 0 aliphatic carbocycles. The van der Waals surface area contributed by atoms with Gasteiger partial charge in [0.2, 0.25) is 0 Å². The lowest BCUT2D eigenvalue weighted by Gasteiger charge is -2.08. The van der Waals surface area contributed by atoms with Gasteiger partial charge in [0.25, 0.3) is 0 Å². The zero-order valence-electron chi connectivity index (χ0n) is 12.4. The number of carbonyl (C=O) groups excluding carboxylic acids is 1. The molecule has 0 heterocycles. The predicted octanol–water partition coefficient (Wildman–Crippen LogP) is 3.30. The van der Waals surface area contributed by atoms with Crippen molar-refractivity contribution in [2.45, 2.75) is 13.8 Å². The smallest absolute Gasteiger partial charge is 0.349 e. The largest absolute Gasteiger partial charge is 0.497 e. The quantitative estimate of drug-likeness (QED) is 0.625. The van der Waals surface area contributed by atoms with Gasteiger partial charge in [-0.3, -0.25) is 0 Å². The fourth-order valence-corrected chi connectivity index (χ4v) is 1.75. The molecule has 0 bridgehead atoms. The molecule has 2 aromatic rings. The maximum atomic E-state index is 11.7. The highest BCUT2D eigenvalue weighted by Crippen LogP contribution is 2.18. The van der Waals surface area contributed by atoms with Crippen molar-refractivity contribution in [1.82, 2.24) is 0 Å². The van der Waals surface area contributed by atoms with Gasteiger partial charge in [-0.15, -0.1) is 0 Å². The molecule has 0 saturated carbocycles. The van der Waals surface area contributed by atoms with E-state index in [-0.39, 0.29) is 6.61 Å². The molecule has 4 nitrogen and oxygen atoms in total. The van der Waals surface area contributed by atoms with Crippen LogP contribution in [0.15, 0.2) is 42.5 Å². The molecule has 0 radical (unpaired) electrons. The Hall–Kier alpha value is -2.49. The molecule has 21 heavy (non-hydrogen) atoms. The summed E-state index contributed by atoms with van der Waals surface area (Å²) in [5.41, 5.74) is 2.24. The summed E-state index contributed by atoms with van der Waals surface area (Å²) in [6.45, 7) is 3.84. The van der Waals surface area contributed by atoms with E-state index in [1.807, 2.05) is 26.0 Å². The van der Waals surface area contributed by atoms with Crippen LogP contribution in [0.3, 0.4) is 0 Å². The van der Waals surface area contributed by atoms with Crippen LogP contribution in [-0.4, -0.2) is 19.7 Å². The number of carbonyl (C=O) groups is 1. The fourth-order valence-electron chi connectivity index (χ4n) is 1.75. The number of methoxy groups -OCH3 is 1. The van der Waals surface area contributed by atoms with Crippen molar-refractivity contribution in [2.24, 2.45) is 0 Å². The van der Waals surface area contributed by atoms with Crippen LogP contribution in [-0.2, 0) is 4.79 Å². The monoisotopic (exact) mass is 286 g/mol. The minimum Gasteiger partial charge on any atom is -0.497 e. The highest BCUT2D eigenvalue weighted by molar-refractivity contribution is 5.74. The van der Waals surface area contributed by atoms with Gasteiger partial charge in [0.1, 0.15) is 17.2 Å². The van der Waals surface area contributed by atoms with Gasteiger partial charge in [-0.2, -0.15) is 0 Å². The first-order chi connectivity index (χ1) is 10.1. The SMILES string of the molecule is COc1ccc(OCC(=O)Oc2ccc(C)c(C)c2)cc1. The van der Waals surface area contributed by atoms with Crippen molar-refractivity contribution < 1.29 is 19.0 Å². The van der Waals surface area contributed by atoms with Gasteiger partial charge < -0.3 is 14.2 Å². The molecule has 0 unspecified atom stereocenters. The van der Waals surface area contributed by atoms with Crippen molar-refractivity contribution in [1.29, 1.82) is 0 Å².